The first kappa shape index (κ1) is 15.5. The van der Waals surface area contributed by atoms with Gasteiger partial charge < -0.3 is 9.84 Å². The maximum Gasteiger partial charge on any atom is 0.416 e. The third-order valence-corrected chi connectivity index (χ3v) is 3.22. The molecule has 0 aliphatic heterocycles. The zero-order valence-electron chi connectivity index (χ0n) is 11.3. The highest BCUT2D eigenvalue weighted by Crippen LogP contribution is 2.35. The molecule has 0 spiro atoms. The van der Waals surface area contributed by atoms with Crippen molar-refractivity contribution in [3.63, 3.8) is 0 Å². The first-order valence-electron chi connectivity index (χ1n) is 6.36. The summed E-state index contributed by atoms with van der Waals surface area (Å²) in [6.45, 7) is 0. The van der Waals surface area contributed by atoms with Gasteiger partial charge in [-0.1, -0.05) is 42.5 Å². The van der Waals surface area contributed by atoms with Crippen LogP contribution in [-0.4, -0.2) is 12.2 Å². The van der Waals surface area contributed by atoms with Crippen molar-refractivity contribution in [1.29, 1.82) is 0 Å². The number of ether oxygens (including phenoxy) is 1. The molecule has 0 saturated heterocycles. The number of alkyl halides is 3. The SMILES string of the molecule is COC(c1ccccc1)C(O)c1cccc(C(F)(F)F)c1. The molecule has 0 aromatic heterocycles. The third kappa shape index (κ3) is 3.62. The third-order valence-electron chi connectivity index (χ3n) is 3.22. The minimum Gasteiger partial charge on any atom is -0.385 e. The molecular formula is C16H15F3O2. The van der Waals surface area contributed by atoms with Gasteiger partial charge >= 0.3 is 6.18 Å². The number of methoxy groups -OCH3 is 1. The van der Waals surface area contributed by atoms with Gasteiger partial charge in [0.2, 0.25) is 0 Å². The van der Waals surface area contributed by atoms with Crippen LogP contribution in [0.2, 0.25) is 0 Å². The van der Waals surface area contributed by atoms with E-state index in [9.17, 15) is 18.3 Å². The molecule has 112 valence electrons. The van der Waals surface area contributed by atoms with Gasteiger partial charge in [0.15, 0.2) is 0 Å². The van der Waals surface area contributed by atoms with Crippen LogP contribution >= 0.6 is 0 Å². The van der Waals surface area contributed by atoms with Gasteiger partial charge in [-0.25, -0.2) is 0 Å². The number of aliphatic hydroxyl groups is 1. The molecule has 2 nitrogen and oxygen atoms in total. The first-order valence-corrected chi connectivity index (χ1v) is 6.36. The van der Waals surface area contributed by atoms with E-state index in [4.69, 9.17) is 4.74 Å². The van der Waals surface area contributed by atoms with E-state index in [1.807, 2.05) is 6.07 Å². The number of halogens is 3. The van der Waals surface area contributed by atoms with Crippen LogP contribution in [0.3, 0.4) is 0 Å². The predicted octanol–water partition coefficient (Wildman–Crippen LogP) is 4.13. The van der Waals surface area contributed by atoms with Crippen LogP contribution in [0.5, 0.6) is 0 Å². The standard InChI is InChI=1S/C16H15F3O2/c1-21-15(11-6-3-2-4-7-11)14(20)12-8-5-9-13(10-12)16(17,18)19/h2-10,14-15,20H,1H3. The Morgan fingerprint density at radius 3 is 2.14 bits per heavy atom. The van der Waals surface area contributed by atoms with Gasteiger partial charge in [0.25, 0.3) is 0 Å². The Hall–Kier alpha value is -1.85. The molecule has 0 aliphatic rings. The minimum absolute atomic E-state index is 0.167. The van der Waals surface area contributed by atoms with Crippen LogP contribution in [0.1, 0.15) is 28.9 Å². The highest BCUT2D eigenvalue weighted by atomic mass is 19.4. The summed E-state index contributed by atoms with van der Waals surface area (Å²) >= 11 is 0. The molecule has 0 saturated carbocycles. The maximum absolute atomic E-state index is 12.7. The van der Waals surface area contributed by atoms with Crippen LogP contribution in [0, 0.1) is 0 Å². The molecule has 5 heteroatoms. The number of hydrogen-bond acceptors (Lipinski definition) is 2. The Bertz CT molecular complexity index is 582. The number of aliphatic hydroxyl groups excluding tert-OH is 1. The van der Waals surface area contributed by atoms with Gasteiger partial charge in [-0.2, -0.15) is 13.2 Å². The minimum atomic E-state index is -4.44. The summed E-state index contributed by atoms with van der Waals surface area (Å²) in [5, 5.41) is 10.3. The average Bonchev–Trinajstić information content (AvgIpc) is 2.48. The van der Waals surface area contributed by atoms with Crippen molar-refractivity contribution >= 4 is 0 Å². The van der Waals surface area contributed by atoms with E-state index in [0.29, 0.717) is 5.56 Å². The molecule has 2 atom stereocenters. The van der Waals surface area contributed by atoms with Crippen LogP contribution in [-0.2, 0) is 10.9 Å². The first-order chi connectivity index (χ1) is 9.93. The summed E-state index contributed by atoms with van der Waals surface area (Å²) in [5.41, 5.74) is 0.0763. The predicted molar refractivity (Wildman–Crippen MR) is 72.6 cm³/mol. The lowest BCUT2D eigenvalue weighted by Gasteiger charge is -2.23. The second-order valence-corrected chi connectivity index (χ2v) is 4.64. The summed E-state index contributed by atoms with van der Waals surface area (Å²) in [7, 11) is 1.41. The van der Waals surface area contributed by atoms with Gasteiger partial charge in [-0.15, -0.1) is 0 Å². The lowest BCUT2D eigenvalue weighted by molar-refractivity contribution is -0.137. The van der Waals surface area contributed by atoms with Crippen molar-refractivity contribution in [2.75, 3.05) is 7.11 Å². The smallest absolute Gasteiger partial charge is 0.385 e. The van der Waals surface area contributed by atoms with Gasteiger partial charge in [0.1, 0.15) is 12.2 Å². The molecule has 0 fully saturated rings. The normalized spacial score (nSPS) is 14.7. The zero-order chi connectivity index (χ0) is 15.5. The second kappa shape index (κ2) is 6.28. The Labute approximate surface area is 120 Å². The fourth-order valence-electron chi connectivity index (χ4n) is 2.16. The molecule has 0 bridgehead atoms. The van der Waals surface area contributed by atoms with Crippen LogP contribution in [0.25, 0.3) is 0 Å². The maximum atomic E-state index is 12.7. The Morgan fingerprint density at radius 2 is 1.57 bits per heavy atom. The Kier molecular flexibility index (Phi) is 4.65. The van der Waals surface area contributed by atoms with E-state index in [0.717, 1.165) is 12.1 Å². The van der Waals surface area contributed by atoms with E-state index < -0.39 is 23.9 Å². The van der Waals surface area contributed by atoms with Gasteiger partial charge in [0.05, 0.1) is 5.56 Å². The largest absolute Gasteiger partial charge is 0.416 e. The number of rotatable bonds is 4. The average molecular weight is 296 g/mol. The molecule has 0 amide bonds. The van der Waals surface area contributed by atoms with Crippen molar-refractivity contribution in [2.45, 2.75) is 18.4 Å². The fourth-order valence-corrected chi connectivity index (χ4v) is 2.16. The van der Waals surface area contributed by atoms with Crippen LogP contribution < -0.4 is 0 Å². The molecule has 2 aromatic rings. The second-order valence-electron chi connectivity index (χ2n) is 4.64. The topological polar surface area (TPSA) is 29.5 Å². The molecule has 2 unspecified atom stereocenters. The van der Waals surface area contributed by atoms with E-state index >= 15 is 0 Å². The number of hydrogen-bond donors (Lipinski definition) is 1. The van der Waals surface area contributed by atoms with Crippen molar-refractivity contribution < 1.29 is 23.0 Å². The van der Waals surface area contributed by atoms with Crippen LogP contribution in [0.15, 0.2) is 54.6 Å². The van der Waals surface area contributed by atoms with Gasteiger partial charge in [0, 0.05) is 7.11 Å². The summed E-state index contributed by atoms with van der Waals surface area (Å²) < 4.78 is 43.4. The summed E-state index contributed by atoms with van der Waals surface area (Å²) in [4.78, 5) is 0. The quantitative estimate of drug-likeness (QED) is 0.919. The Morgan fingerprint density at radius 1 is 0.952 bits per heavy atom. The van der Waals surface area contributed by atoms with Crippen molar-refractivity contribution in [3.8, 4) is 0 Å². The molecule has 0 heterocycles. The summed E-state index contributed by atoms with van der Waals surface area (Å²) in [6.07, 6.45) is -6.35. The van der Waals surface area contributed by atoms with E-state index in [-0.39, 0.29) is 5.56 Å². The molecule has 1 N–H and O–H groups in total. The van der Waals surface area contributed by atoms with Gasteiger partial charge in [-0.05, 0) is 23.3 Å². The van der Waals surface area contributed by atoms with Crippen molar-refractivity contribution in [3.05, 3.63) is 71.3 Å². The van der Waals surface area contributed by atoms with Gasteiger partial charge in [-0.3, -0.25) is 0 Å². The van der Waals surface area contributed by atoms with Crippen LogP contribution in [0.4, 0.5) is 13.2 Å². The zero-order valence-corrected chi connectivity index (χ0v) is 11.3. The Balaban J connectivity index is 2.32. The molecule has 21 heavy (non-hydrogen) atoms. The highest BCUT2D eigenvalue weighted by molar-refractivity contribution is 5.30. The number of benzene rings is 2. The molecule has 2 rings (SSSR count). The summed E-state index contributed by atoms with van der Waals surface area (Å²) in [6, 6.07) is 13.5. The van der Waals surface area contributed by atoms with Crippen molar-refractivity contribution in [1.82, 2.24) is 0 Å². The van der Waals surface area contributed by atoms with E-state index in [1.165, 1.54) is 19.2 Å². The lowest BCUT2D eigenvalue weighted by Crippen LogP contribution is -2.14. The molecule has 2 aromatic carbocycles. The lowest BCUT2D eigenvalue weighted by atomic mass is 9.97. The van der Waals surface area contributed by atoms with Crippen molar-refractivity contribution in [2.24, 2.45) is 0 Å². The fraction of sp³-hybridized carbons (Fsp3) is 0.250. The monoisotopic (exact) mass is 296 g/mol. The molecule has 0 aliphatic carbocycles. The highest BCUT2D eigenvalue weighted by Gasteiger charge is 2.32. The van der Waals surface area contributed by atoms with E-state index in [2.05, 4.69) is 0 Å². The molecular weight excluding hydrogens is 281 g/mol. The molecule has 0 radical (unpaired) electrons. The van der Waals surface area contributed by atoms with E-state index in [1.54, 1.807) is 24.3 Å². The summed E-state index contributed by atoms with van der Waals surface area (Å²) in [5.74, 6) is 0.